The molecule has 0 saturated heterocycles. The second-order valence-electron chi connectivity index (χ2n) is 4.00. The van der Waals surface area contributed by atoms with Gasteiger partial charge in [-0.2, -0.15) is 0 Å². The highest BCUT2D eigenvalue weighted by molar-refractivity contribution is 5.07. The van der Waals surface area contributed by atoms with E-state index < -0.39 is 0 Å². The van der Waals surface area contributed by atoms with Crippen LogP contribution in [0.4, 0.5) is 0 Å². The highest BCUT2D eigenvalue weighted by Gasteiger charge is 2.03. The van der Waals surface area contributed by atoms with Crippen molar-refractivity contribution < 1.29 is 0 Å². The van der Waals surface area contributed by atoms with Crippen molar-refractivity contribution in [1.29, 1.82) is 0 Å². The van der Waals surface area contributed by atoms with Gasteiger partial charge < -0.3 is 9.88 Å². The predicted molar refractivity (Wildman–Crippen MR) is 63.2 cm³/mol. The van der Waals surface area contributed by atoms with Gasteiger partial charge >= 0.3 is 0 Å². The van der Waals surface area contributed by atoms with Gasteiger partial charge in [0.1, 0.15) is 0 Å². The summed E-state index contributed by atoms with van der Waals surface area (Å²) in [5.41, 5.74) is 0.919. The van der Waals surface area contributed by atoms with Crippen molar-refractivity contribution >= 4 is 0 Å². The molecule has 0 aliphatic heterocycles. The zero-order valence-corrected chi connectivity index (χ0v) is 9.79. The van der Waals surface area contributed by atoms with Crippen molar-refractivity contribution in [3.63, 3.8) is 0 Å². The molecular weight excluding hydrogens is 188 g/mol. The van der Waals surface area contributed by atoms with Crippen LogP contribution in [0.3, 0.4) is 0 Å². The lowest BCUT2D eigenvalue weighted by Gasteiger charge is -2.15. The van der Waals surface area contributed by atoms with Crippen LogP contribution in [0.2, 0.25) is 0 Å². The molecule has 1 rings (SSSR count). The van der Waals surface area contributed by atoms with Crippen LogP contribution in [-0.4, -0.2) is 17.2 Å². The molecule has 1 aromatic heterocycles. The van der Waals surface area contributed by atoms with Crippen molar-refractivity contribution in [3.8, 4) is 0 Å². The van der Waals surface area contributed by atoms with E-state index in [1.54, 1.807) is 4.57 Å². The largest absolute Gasteiger partial charge is 0.314 e. The smallest absolute Gasteiger partial charge is 0.253 e. The molecule has 1 unspecified atom stereocenters. The highest BCUT2D eigenvalue weighted by atomic mass is 16.1. The Morgan fingerprint density at radius 3 is 2.93 bits per heavy atom. The first kappa shape index (κ1) is 12.0. The number of hydrogen-bond donors (Lipinski definition) is 1. The maximum absolute atomic E-state index is 11.7. The molecule has 1 heterocycles. The van der Waals surface area contributed by atoms with Crippen LogP contribution < -0.4 is 10.9 Å². The minimum absolute atomic E-state index is 0.114. The third kappa shape index (κ3) is 3.51. The zero-order chi connectivity index (χ0) is 11.3. The van der Waals surface area contributed by atoms with Crippen LogP contribution >= 0.6 is 0 Å². The number of aromatic nitrogens is 1. The van der Waals surface area contributed by atoms with Gasteiger partial charge in [-0.1, -0.05) is 13.0 Å². The van der Waals surface area contributed by atoms with E-state index >= 15 is 0 Å². The molecule has 0 bridgehead atoms. The molecule has 0 aromatic carbocycles. The molecule has 0 saturated carbocycles. The summed E-state index contributed by atoms with van der Waals surface area (Å²) < 4.78 is 1.77. The SMILES string of the molecule is CCCNC(C)Cn1cccc(C)c1=O. The van der Waals surface area contributed by atoms with E-state index in [1.807, 2.05) is 25.3 Å². The van der Waals surface area contributed by atoms with Gasteiger partial charge in [0.05, 0.1) is 0 Å². The predicted octanol–water partition coefficient (Wildman–Crippen LogP) is 1.54. The average Bonchev–Trinajstić information content (AvgIpc) is 2.22. The molecule has 1 atom stereocenters. The molecule has 3 heteroatoms. The monoisotopic (exact) mass is 208 g/mol. The number of hydrogen-bond acceptors (Lipinski definition) is 2. The molecule has 0 amide bonds. The van der Waals surface area contributed by atoms with Gasteiger partial charge in [0.25, 0.3) is 5.56 Å². The Morgan fingerprint density at radius 1 is 1.53 bits per heavy atom. The molecule has 3 nitrogen and oxygen atoms in total. The van der Waals surface area contributed by atoms with Crippen LogP contribution in [-0.2, 0) is 6.54 Å². The molecule has 84 valence electrons. The molecule has 0 aliphatic carbocycles. The summed E-state index contributed by atoms with van der Waals surface area (Å²) in [4.78, 5) is 11.7. The van der Waals surface area contributed by atoms with Crippen LogP contribution in [0.5, 0.6) is 0 Å². The standard InChI is InChI=1S/C12H20N2O/c1-4-7-13-11(3)9-14-8-5-6-10(2)12(14)15/h5-6,8,11,13H,4,7,9H2,1-3H3. The van der Waals surface area contributed by atoms with E-state index in [4.69, 9.17) is 0 Å². The molecule has 1 N–H and O–H groups in total. The first-order valence-corrected chi connectivity index (χ1v) is 5.54. The van der Waals surface area contributed by atoms with Crippen molar-refractivity contribution in [2.24, 2.45) is 0 Å². The fourth-order valence-corrected chi connectivity index (χ4v) is 1.55. The van der Waals surface area contributed by atoms with Crippen LogP contribution in [0, 0.1) is 6.92 Å². The van der Waals surface area contributed by atoms with Gasteiger partial charge in [-0.05, 0) is 32.9 Å². The number of aryl methyl sites for hydroxylation is 1. The molecule has 15 heavy (non-hydrogen) atoms. The van der Waals surface area contributed by atoms with Gasteiger partial charge in [-0.3, -0.25) is 4.79 Å². The Kier molecular flexibility index (Phi) is 4.56. The fraction of sp³-hybridized carbons (Fsp3) is 0.583. The number of nitrogens with one attached hydrogen (secondary N) is 1. The van der Waals surface area contributed by atoms with E-state index in [9.17, 15) is 4.79 Å². The van der Waals surface area contributed by atoms with E-state index in [-0.39, 0.29) is 5.56 Å². The number of nitrogens with zero attached hydrogens (tertiary/aromatic N) is 1. The lowest BCUT2D eigenvalue weighted by atomic mass is 10.2. The summed E-state index contributed by atoms with van der Waals surface area (Å²) in [5.74, 6) is 0. The maximum Gasteiger partial charge on any atom is 0.253 e. The Bertz CT molecular complexity index is 357. The van der Waals surface area contributed by atoms with Gasteiger partial charge in [0.15, 0.2) is 0 Å². The van der Waals surface area contributed by atoms with Gasteiger partial charge in [-0.25, -0.2) is 0 Å². The molecule has 0 radical (unpaired) electrons. The summed E-state index contributed by atoms with van der Waals surface area (Å²) in [5, 5.41) is 3.37. The zero-order valence-electron chi connectivity index (χ0n) is 9.79. The quantitative estimate of drug-likeness (QED) is 0.796. The molecule has 0 fully saturated rings. The van der Waals surface area contributed by atoms with Crippen LogP contribution in [0.1, 0.15) is 25.8 Å². The first-order chi connectivity index (χ1) is 7.15. The topological polar surface area (TPSA) is 34.0 Å². The number of rotatable bonds is 5. The second-order valence-corrected chi connectivity index (χ2v) is 4.00. The Balaban J connectivity index is 2.64. The van der Waals surface area contributed by atoms with Crippen molar-refractivity contribution in [3.05, 3.63) is 34.2 Å². The third-order valence-electron chi connectivity index (χ3n) is 2.42. The maximum atomic E-state index is 11.7. The van der Waals surface area contributed by atoms with Gasteiger partial charge in [0, 0.05) is 24.3 Å². The van der Waals surface area contributed by atoms with Crippen molar-refractivity contribution in [2.75, 3.05) is 6.54 Å². The summed E-state index contributed by atoms with van der Waals surface area (Å²) in [6.45, 7) is 7.83. The van der Waals surface area contributed by atoms with E-state index in [2.05, 4.69) is 19.2 Å². The summed E-state index contributed by atoms with van der Waals surface area (Å²) in [6, 6.07) is 4.11. The van der Waals surface area contributed by atoms with Gasteiger partial charge in [0.2, 0.25) is 0 Å². The minimum Gasteiger partial charge on any atom is -0.314 e. The fourth-order valence-electron chi connectivity index (χ4n) is 1.55. The Labute approximate surface area is 91.1 Å². The molecule has 0 aliphatic rings. The normalized spacial score (nSPS) is 12.7. The Morgan fingerprint density at radius 2 is 2.27 bits per heavy atom. The number of pyridine rings is 1. The lowest BCUT2D eigenvalue weighted by Crippen LogP contribution is -2.35. The van der Waals surface area contributed by atoms with Crippen molar-refractivity contribution in [2.45, 2.75) is 39.8 Å². The third-order valence-corrected chi connectivity index (χ3v) is 2.42. The summed E-state index contributed by atoms with van der Waals surface area (Å²) >= 11 is 0. The summed E-state index contributed by atoms with van der Waals surface area (Å²) in [6.07, 6.45) is 2.96. The average molecular weight is 208 g/mol. The molecule has 1 aromatic rings. The lowest BCUT2D eigenvalue weighted by molar-refractivity contribution is 0.469. The van der Waals surface area contributed by atoms with E-state index in [0.717, 1.165) is 25.1 Å². The van der Waals surface area contributed by atoms with Crippen LogP contribution in [0.25, 0.3) is 0 Å². The molecule has 0 spiro atoms. The second kappa shape index (κ2) is 5.71. The highest BCUT2D eigenvalue weighted by Crippen LogP contribution is 1.92. The summed E-state index contributed by atoms with van der Waals surface area (Å²) in [7, 11) is 0. The molecular formula is C12H20N2O. The van der Waals surface area contributed by atoms with E-state index in [1.165, 1.54) is 0 Å². The van der Waals surface area contributed by atoms with Crippen LogP contribution in [0.15, 0.2) is 23.1 Å². The minimum atomic E-state index is 0.114. The first-order valence-electron chi connectivity index (χ1n) is 5.54. The van der Waals surface area contributed by atoms with Gasteiger partial charge in [-0.15, -0.1) is 0 Å². The van der Waals surface area contributed by atoms with E-state index in [0.29, 0.717) is 6.04 Å². The Hall–Kier alpha value is -1.09. The van der Waals surface area contributed by atoms with Crippen molar-refractivity contribution in [1.82, 2.24) is 9.88 Å².